The number of hydrogen-bond donors (Lipinski definition) is 2. The number of nitrogens with two attached hydrogens (primary N) is 1. The van der Waals surface area contributed by atoms with E-state index in [4.69, 9.17) is 5.73 Å². The normalized spacial score (nSPS) is 18.2. The Morgan fingerprint density at radius 2 is 2.04 bits per heavy atom. The van der Waals surface area contributed by atoms with Crippen LogP contribution in [0.2, 0.25) is 0 Å². The minimum atomic E-state index is -0.594. The van der Waals surface area contributed by atoms with Gasteiger partial charge in [-0.25, -0.2) is 4.39 Å². The zero-order valence-electron chi connectivity index (χ0n) is 15.6. The summed E-state index contributed by atoms with van der Waals surface area (Å²) < 4.78 is 14.3. The summed E-state index contributed by atoms with van der Waals surface area (Å²) in [7, 11) is 0. The van der Waals surface area contributed by atoms with Crippen molar-refractivity contribution >= 4 is 29.9 Å². The first-order valence-corrected chi connectivity index (χ1v) is 8.92. The van der Waals surface area contributed by atoms with Gasteiger partial charge in [0, 0.05) is 31.1 Å². The Labute approximate surface area is 160 Å². The van der Waals surface area contributed by atoms with Crippen molar-refractivity contribution in [2.45, 2.75) is 46.1 Å². The molecule has 2 unspecified atom stereocenters. The lowest BCUT2D eigenvalue weighted by atomic mass is 9.92. The van der Waals surface area contributed by atoms with Crippen molar-refractivity contribution in [3.63, 3.8) is 0 Å². The van der Waals surface area contributed by atoms with Gasteiger partial charge in [0.15, 0.2) is 0 Å². The Bertz CT molecular complexity index is 637. The van der Waals surface area contributed by atoms with E-state index in [1.807, 2.05) is 20.8 Å². The van der Waals surface area contributed by atoms with Crippen LogP contribution in [-0.2, 0) is 4.79 Å². The number of carbonyl (C=O) groups excluding carboxylic acids is 2. The summed E-state index contributed by atoms with van der Waals surface area (Å²) in [5, 5.41) is 2.55. The van der Waals surface area contributed by atoms with E-state index < -0.39 is 5.82 Å². The summed E-state index contributed by atoms with van der Waals surface area (Å²) in [6.45, 7) is 7.06. The number of rotatable bonds is 5. The molecule has 2 atom stereocenters. The lowest BCUT2D eigenvalue weighted by Crippen LogP contribution is -2.45. The highest BCUT2D eigenvalue weighted by Crippen LogP contribution is 2.22. The topological polar surface area (TPSA) is 75.4 Å². The molecule has 1 aliphatic heterocycles. The molecule has 1 aromatic carbocycles. The molecule has 0 aromatic heterocycles. The fourth-order valence-electron chi connectivity index (χ4n) is 3.13. The molecule has 2 amide bonds. The van der Waals surface area contributed by atoms with Gasteiger partial charge in [0.1, 0.15) is 5.82 Å². The molecule has 146 valence electrons. The van der Waals surface area contributed by atoms with Crippen LogP contribution >= 0.6 is 12.4 Å². The molecule has 0 aliphatic carbocycles. The second-order valence-corrected chi connectivity index (χ2v) is 7.35. The number of anilines is 1. The molecular formula is C19H29ClFN3O2. The summed E-state index contributed by atoms with van der Waals surface area (Å²) in [5.41, 5.74) is 6.36. The average molecular weight is 386 g/mol. The maximum atomic E-state index is 14.3. The van der Waals surface area contributed by atoms with Crippen LogP contribution in [0.25, 0.3) is 0 Å². The van der Waals surface area contributed by atoms with Crippen molar-refractivity contribution in [1.82, 2.24) is 4.90 Å². The molecule has 1 fully saturated rings. The lowest BCUT2D eigenvalue weighted by molar-refractivity contribution is -0.116. The quantitative estimate of drug-likeness (QED) is 0.815. The molecule has 0 spiro atoms. The highest BCUT2D eigenvalue weighted by atomic mass is 35.5. The van der Waals surface area contributed by atoms with E-state index in [1.54, 1.807) is 11.0 Å². The highest BCUT2D eigenvalue weighted by molar-refractivity contribution is 5.96. The van der Waals surface area contributed by atoms with Gasteiger partial charge in [0.05, 0.1) is 5.69 Å². The van der Waals surface area contributed by atoms with Gasteiger partial charge in [0.2, 0.25) is 5.91 Å². The van der Waals surface area contributed by atoms with E-state index in [0.29, 0.717) is 25.1 Å². The number of benzene rings is 1. The van der Waals surface area contributed by atoms with E-state index in [-0.39, 0.29) is 47.8 Å². The van der Waals surface area contributed by atoms with Crippen LogP contribution in [0.15, 0.2) is 18.2 Å². The smallest absolute Gasteiger partial charge is 0.253 e. The summed E-state index contributed by atoms with van der Waals surface area (Å²) in [6.07, 6.45) is 2.24. The van der Waals surface area contributed by atoms with Crippen molar-refractivity contribution in [2.75, 3.05) is 18.4 Å². The first-order chi connectivity index (χ1) is 11.8. The number of carbonyl (C=O) groups is 2. The number of nitrogens with one attached hydrogen (secondary N) is 1. The molecule has 1 aliphatic rings. The first kappa shape index (κ1) is 22.4. The molecule has 0 saturated carbocycles. The summed E-state index contributed by atoms with van der Waals surface area (Å²) in [6, 6.07) is 4.24. The van der Waals surface area contributed by atoms with Crippen molar-refractivity contribution in [2.24, 2.45) is 17.6 Å². The Hall–Kier alpha value is -1.66. The molecule has 3 N–H and O–H groups in total. The summed E-state index contributed by atoms with van der Waals surface area (Å²) >= 11 is 0. The average Bonchev–Trinajstić information content (AvgIpc) is 2.55. The molecular weight excluding hydrogens is 357 g/mol. The maximum Gasteiger partial charge on any atom is 0.253 e. The number of piperidine rings is 1. The lowest BCUT2D eigenvalue weighted by Gasteiger charge is -2.34. The predicted octanol–water partition coefficient (Wildman–Crippen LogP) is 3.43. The monoisotopic (exact) mass is 385 g/mol. The van der Waals surface area contributed by atoms with Crippen molar-refractivity contribution < 1.29 is 14.0 Å². The second kappa shape index (κ2) is 9.88. The largest absolute Gasteiger partial charge is 0.338 e. The van der Waals surface area contributed by atoms with Crippen LogP contribution in [-0.4, -0.2) is 35.8 Å². The third kappa shape index (κ3) is 5.95. The standard InChI is InChI=1S/C19H28FN3O2.ClH/c1-12(2)9-18(24)22-17-7-6-14(10-16(17)20)19(25)23-8-4-5-15(11-23)13(3)21;/h6-7,10,12-13,15H,4-5,8-9,11,21H2,1-3H3,(H,22,24);1H. The van der Waals surface area contributed by atoms with Crippen LogP contribution in [0.1, 0.15) is 50.4 Å². The van der Waals surface area contributed by atoms with Crippen molar-refractivity contribution in [1.29, 1.82) is 0 Å². The molecule has 0 bridgehead atoms. The van der Waals surface area contributed by atoms with Crippen LogP contribution in [0.5, 0.6) is 0 Å². The summed E-state index contributed by atoms with van der Waals surface area (Å²) in [4.78, 5) is 26.1. The van der Waals surface area contributed by atoms with E-state index in [0.717, 1.165) is 12.8 Å². The Morgan fingerprint density at radius 1 is 1.35 bits per heavy atom. The number of halogens is 2. The Kier molecular flexibility index (Phi) is 8.50. The van der Waals surface area contributed by atoms with Crippen LogP contribution < -0.4 is 11.1 Å². The fourth-order valence-corrected chi connectivity index (χ4v) is 3.13. The van der Waals surface area contributed by atoms with E-state index >= 15 is 0 Å². The molecule has 1 saturated heterocycles. The molecule has 26 heavy (non-hydrogen) atoms. The molecule has 5 nitrogen and oxygen atoms in total. The van der Waals surface area contributed by atoms with E-state index in [2.05, 4.69) is 5.32 Å². The molecule has 2 rings (SSSR count). The molecule has 0 radical (unpaired) electrons. The molecule has 1 heterocycles. The summed E-state index contributed by atoms with van der Waals surface area (Å²) in [5.74, 6) is -0.546. The van der Waals surface area contributed by atoms with Gasteiger partial charge >= 0.3 is 0 Å². The van der Waals surface area contributed by atoms with Gasteiger partial charge < -0.3 is 16.0 Å². The van der Waals surface area contributed by atoms with Crippen LogP contribution in [0.4, 0.5) is 10.1 Å². The third-order valence-electron chi connectivity index (χ3n) is 4.57. The van der Waals surface area contributed by atoms with Crippen LogP contribution in [0, 0.1) is 17.7 Å². The van der Waals surface area contributed by atoms with Gasteiger partial charge in [-0.3, -0.25) is 9.59 Å². The predicted molar refractivity (Wildman–Crippen MR) is 104 cm³/mol. The Balaban J connectivity index is 0.00000338. The van der Waals surface area contributed by atoms with Gasteiger partial charge in [-0.1, -0.05) is 13.8 Å². The zero-order chi connectivity index (χ0) is 18.6. The van der Waals surface area contributed by atoms with Crippen molar-refractivity contribution in [3.05, 3.63) is 29.6 Å². The number of nitrogens with zero attached hydrogens (tertiary/aromatic N) is 1. The van der Waals surface area contributed by atoms with Crippen molar-refractivity contribution in [3.8, 4) is 0 Å². The van der Waals surface area contributed by atoms with Gasteiger partial charge in [-0.2, -0.15) is 0 Å². The SMILES string of the molecule is CC(C)CC(=O)Nc1ccc(C(=O)N2CCCC(C(C)N)C2)cc1F.Cl. The van der Waals surface area contributed by atoms with Gasteiger partial charge in [0.25, 0.3) is 5.91 Å². The van der Waals surface area contributed by atoms with Crippen LogP contribution in [0.3, 0.4) is 0 Å². The number of hydrogen-bond acceptors (Lipinski definition) is 3. The minimum Gasteiger partial charge on any atom is -0.338 e. The molecule has 7 heteroatoms. The van der Waals surface area contributed by atoms with Gasteiger partial charge in [-0.05, 0) is 49.8 Å². The highest BCUT2D eigenvalue weighted by Gasteiger charge is 2.26. The minimum absolute atomic E-state index is 0. The Morgan fingerprint density at radius 3 is 2.62 bits per heavy atom. The number of likely N-dealkylation sites (tertiary alicyclic amines) is 1. The fraction of sp³-hybridized carbons (Fsp3) is 0.579. The maximum absolute atomic E-state index is 14.3. The number of amides is 2. The third-order valence-corrected chi connectivity index (χ3v) is 4.57. The first-order valence-electron chi connectivity index (χ1n) is 8.92. The second-order valence-electron chi connectivity index (χ2n) is 7.35. The van der Waals surface area contributed by atoms with Gasteiger partial charge in [-0.15, -0.1) is 12.4 Å². The van der Waals surface area contributed by atoms with E-state index in [1.165, 1.54) is 12.1 Å². The zero-order valence-corrected chi connectivity index (χ0v) is 16.4. The molecule has 1 aromatic rings. The van der Waals surface area contributed by atoms with E-state index in [9.17, 15) is 14.0 Å².